The summed E-state index contributed by atoms with van der Waals surface area (Å²) in [6, 6.07) is 0. The second kappa shape index (κ2) is 3.55. The van der Waals surface area contributed by atoms with Crippen LogP contribution in [-0.2, 0) is 4.74 Å². The van der Waals surface area contributed by atoms with E-state index < -0.39 is 5.79 Å². The predicted molar refractivity (Wildman–Crippen MR) is 44.2 cm³/mol. The predicted octanol–water partition coefficient (Wildman–Crippen LogP) is 1.92. The van der Waals surface area contributed by atoms with Crippen molar-refractivity contribution >= 4 is 0 Å². The van der Waals surface area contributed by atoms with Crippen LogP contribution in [0.2, 0.25) is 0 Å². The molecule has 1 N–H and O–H groups in total. The summed E-state index contributed by atoms with van der Waals surface area (Å²) < 4.78 is 5.33. The van der Waals surface area contributed by atoms with E-state index in [4.69, 9.17) is 4.74 Å². The van der Waals surface area contributed by atoms with E-state index in [2.05, 4.69) is 13.8 Å². The Kier molecular flexibility index (Phi) is 2.90. The Morgan fingerprint density at radius 1 is 1.45 bits per heavy atom. The quantitative estimate of drug-likeness (QED) is 0.665. The van der Waals surface area contributed by atoms with E-state index in [1.54, 1.807) is 0 Å². The summed E-state index contributed by atoms with van der Waals surface area (Å²) in [7, 11) is 0. The standard InChI is InChI=1S/C9H18O2/c1-8(2)7-9(10)5-3-4-6-11-9/h8,10H,3-7H2,1-2H3. The first-order valence-electron chi connectivity index (χ1n) is 4.49. The molecule has 1 rings (SSSR count). The van der Waals surface area contributed by atoms with Gasteiger partial charge in [0.15, 0.2) is 5.79 Å². The van der Waals surface area contributed by atoms with Crippen LogP contribution >= 0.6 is 0 Å². The van der Waals surface area contributed by atoms with E-state index >= 15 is 0 Å². The zero-order valence-corrected chi connectivity index (χ0v) is 7.47. The maximum absolute atomic E-state index is 9.82. The van der Waals surface area contributed by atoms with Gasteiger partial charge < -0.3 is 9.84 Å². The van der Waals surface area contributed by atoms with E-state index in [1.807, 2.05) is 0 Å². The van der Waals surface area contributed by atoms with Gasteiger partial charge in [-0.05, 0) is 18.8 Å². The molecule has 0 aliphatic carbocycles. The van der Waals surface area contributed by atoms with Crippen LogP contribution in [0, 0.1) is 5.92 Å². The molecule has 1 saturated heterocycles. The molecule has 0 radical (unpaired) electrons. The lowest BCUT2D eigenvalue weighted by atomic mass is 9.96. The molecule has 0 aromatic heterocycles. The van der Waals surface area contributed by atoms with Crippen molar-refractivity contribution in [2.75, 3.05) is 6.61 Å². The highest BCUT2D eigenvalue weighted by atomic mass is 16.6. The zero-order valence-electron chi connectivity index (χ0n) is 7.47. The smallest absolute Gasteiger partial charge is 0.165 e. The SMILES string of the molecule is CC(C)CC1(O)CCCCO1. The number of aliphatic hydroxyl groups is 1. The average Bonchev–Trinajstić information content (AvgIpc) is 1.85. The van der Waals surface area contributed by atoms with Gasteiger partial charge in [0.05, 0.1) is 6.61 Å². The second-order valence-corrected chi connectivity index (χ2v) is 3.85. The minimum atomic E-state index is -0.799. The lowest BCUT2D eigenvalue weighted by Gasteiger charge is -2.33. The normalized spacial score (nSPS) is 32.7. The van der Waals surface area contributed by atoms with Gasteiger partial charge in [0.25, 0.3) is 0 Å². The van der Waals surface area contributed by atoms with Crippen LogP contribution in [0.15, 0.2) is 0 Å². The van der Waals surface area contributed by atoms with E-state index in [1.165, 1.54) is 0 Å². The van der Waals surface area contributed by atoms with Gasteiger partial charge in [0, 0.05) is 12.8 Å². The van der Waals surface area contributed by atoms with Crippen molar-refractivity contribution in [3.05, 3.63) is 0 Å². The van der Waals surface area contributed by atoms with Crippen LogP contribution in [0.5, 0.6) is 0 Å². The highest BCUT2D eigenvalue weighted by Crippen LogP contribution is 2.28. The topological polar surface area (TPSA) is 29.5 Å². The fourth-order valence-corrected chi connectivity index (χ4v) is 1.64. The van der Waals surface area contributed by atoms with Crippen LogP contribution in [0.25, 0.3) is 0 Å². The fourth-order valence-electron chi connectivity index (χ4n) is 1.64. The van der Waals surface area contributed by atoms with Gasteiger partial charge in [-0.3, -0.25) is 0 Å². The van der Waals surface area contributed by atoms with Crippen molar-refractivity contribution < 1.29 is 9.84 Å². The molecule has 0 spiro atoms. The minimum absolute atomic E-state index is 0.512. The average molecular weight is 158 g/mol. The highest BCUT2D eigenvalue weighted by Gasteiger charge is 2.30. The van der Waals surface area contributed by atoms with Crippen molar-refractivity contribution in [1.29, 1.82) is 0 Å². The maximum Gasteiger partial charge on any atom is 0.165 e. The first kappa shape index (κ1) is 9.01. The summed E-state index contributed by atoms with van der Waals surface area (Å²) in [5.41, 5.74) is 0. The maximum atomic E-state index is 9.82. The van der Waals surface area contributed by atoms with Crippen LogP contribution in [0.3, 0.4) is 0 Å². The molecule has 2 nitrogen and oxygen atoms in total. The monoisotopic (exact) mass is 158 g/mol. The van der Waals surface area contributed by atoms with E-state index in [0.717, 1.165) is 32.3 Å². The lowest BCUT2D eigenvalue weighted by Crippen LogP contribution is -2.37. The van der Waals surface area contributed by atoms with Crippen molar-refractivity contribution in [1.82, 2.24) is 0 Å². The van der Waals surface area contributed by atoms with Gasteiger partial charge in [0.2, 0.25) is 0 Å². The summed E-state index contributed by atoms with van der Waals surface area (Å²) in [6.07, 6.45) is 3.78. The molecule has 1 atom stereocenters. The Hall–Kier alpha value is -0.0800. The third-order valence-corrected chi connectivity index (χ3v) is 2.06. The number of hydrogen-bond acceptors (Lipinski definition) is 2. The Balaban J connectivity index is 2.37. The van der Waals surface area contributed by atoms with Crippen LogP contribution in [0.1, 0.15) is 39.5 Å². The number of ether oxygens (including phenoxy) is 1. The summed E-state index contributed by atoms with van der Waals surface area (Å²) in [5, 5.41) is 9.82. The zero-order chi connectivity index (χ0) is 8.32. The van der Waals surface area contributed by atoms with E-state index in [-0.39, 0.29) is 0 Å². The minimum Gasteiger partial charge on any atom is -0.365 e. The molecule has 2 heteroatoms. The molecule has 0 bridgehead atoms. The molecule has 0 saturated carbocycles. The van der Waals surface area contributed by atoms with Gasteiger partial charge in [0.1, 0.15) is 0 Å². The van der Waals surface area contributed by atoms with Crippen molar-refractivity contribution in [2.45, 2.75) is 45.3 Å². The summed E-state index contributed by atoms with van der Waals surface area (Å²) >= 11 is 0. The Bertz CT molecular complexity index is 115. The molecule has 0 amide bonds. The lowest BCUT2D eigenvalue weighted by molar-refractivity contribution is -0.232. The van der Waals surface area contributed by atoms with Gasteiger partial charge in [-0.1, -0.05) is 13.8 Å². The summed E-state index contributed by atoms with van der Waals surface area (Å²) in [6.45, 7) is 4.94. The molecule has 0 aromatic carbocycles. The number of rotatable bonds is 2. The molecule has 0 aromatic rings. The van der Waals surface area contributed by atoms with E-state index in [0.29, 0.717) is 5.92 Å². The van der Waals surface area contributed by atoms with Gasteiger partial charge in [-0.15, -0.1) is 0 Å². The molecular weight excluding hydrogens is 140 g/mol. The van der Waals surface area contributed by atoms with Crippen LogP contribution in [0.4, 0.5) is 0 Å². The Morgan fingerprint density at radius 2 is 2.18 bits per heavy atom. The van der Waals surface area contributed by atoms with Crippen LogP contribution < -0.4 is 0 Å². The molecule has 1 heterocycles. The molecule has 1 aliphatic rings. The highest BCUT2D eigenvalue weighted by molar-refractivity contribution is 4.72. The molecule has 11 heavy (non-hydrogen) atoms. The van der Waals surface area contributed by atoms with Crippen LogP contribution in [-0.4, -0.2) is 17.5 Å². The fraction of sp³-hybridized carbons (Fsp3) is 1.00. The Labute approximate surface area is 68.6 Å². The Morgan fingerprint density at radius 3 is 2.64 bits per heavy atom. The first-order chi connectivity index (χ1) is 5.12. The molecular formula is C9H18O2. The molecule has 1 fully saturated rings. The molecule has 1 aliphatic heterocycles. The van der Waals surface area contributed by atoms with Crippen molar-refractivity contribution in [2.24, 2.45) is 5.92 Å². The van der Waals surface area contributed by atoms with Gasteiger partial charge >= 0.3 is 0 Å². The van der Waals surface area contributed by atoms with Crippen molar-refractivity contribution in [3.8, 4) is 0 Å². The van der Waals surface area contributed by atoms with Crippen molar-refractivity contribution in [3.63, 3.8) is 0 Å². The third kappa shape index (κ3) is 2.80. The molecule has 66 valence electrons. The largest absolute Gasteiger partial charge is 0.365 e. The van der Waals surface area contributed by atoms with E-state index in [9.17, 15) is 5.11 Å². The first-order valence-corrected chi connectivity index (χ1v) is 4.49. The van der Waals surface area contributed by atoms with Gasteiger partial charge in [-0.25, -0.2) is 0 Å². The number of hydrogen-bond donors (Lipinski definition) is 1. The van der Waals surface area contributed by atoms with Gasteiger partial charge in [-0.2, -0.15) is 0 Å². The molecule has 1 unspecified atom stereocenters. The third-order valence-electron chi connectivity index (χ3n) is 2.06. The second-order valence-electron chi connectivity index (χ2n) is 3.85. The summed E-state index contributed by atoms with van der Waals surface area (Å²) in [4.78, 5) is 0. The summed E-state index contributed by atoms with van der Waals surface area (Å²) in [5.74, 6) is -0.287.